The van der Waals surface area contributed by atoms with Crippen molar-refractivity contribution >= 4 is 55.8 Å². The number of thiazole rings is 1. The minimum absolute atomic E-state index is 0.0119. The van der Waals surface area contributed by atoms with Gasteiger partial charge < -0.3 is 15.1 Å². The highest BCUT2D eigenvalue weighted by Crippen LogP contribution is 2.31. The smallest absolute Gasteiger partial charge is 0.253 e. The predicted molar refractivity (Wildman–Crippen MR) is 112 cm³/mol. The fourth-order valence-corrected chi connectivity index (χ4v) is 4.96. The number of benzene rings is 2. The zero-order valence-electron chi connectivity index (χ0n) is 14.9. The van der Waals surface area contributed by atoms with Crippen molar-refractivity contribution in [1.29, 1.82) is 0 Å². The van der Waals surface area contributed by atoms with Crippen LogP contribution in [0.15, 0.2) is 36.4 Å². The van der Waals surface area contributed by atoms with Gasteiger partial charge in [-0.3, -0.25) is 9.59 Å². The second kappa shape index (κ2) is 6.76. The number of carbonyl (C=O) groups is 2. The van der Waals surface area contributed by atoms with E-state index >= 15 is 0 Å². The molecular weight excluding hydrogens is 396 g/mol. The summed E-state index contributed by atoms with van der Waals surface area (Å²) in [5.74, 6) is -0.0109. The van der Waals surface area contributed by atoms with Crippen molar-refractivity contribution in [3.8, 4) is 0 Å². The lowest BCUT2D eigenvalue weighted by Gasteiger charge is -2.34. The van der Waals surface area contributed by atoms with Crippen molar-refractivity contribution in [2.45, 2.75) is 6.42 Å². The van der Waals surface area contributed by atoms with E-state index in [1.165, 1.54) is 0 Å². The van der Waals surface area contributed by atoms with Crippen molar-refractivity contribution in [3.05, 3.63) is 52.5 Å². The van der Waals surface area contributed by atoms with Crippen molar-refractivity contribution < 1.29 is 9.59 Å². The van der Waals surface area contributed by atoms with Crippen LogP contribution in [-0.2, 0) is 11.2 Å². The molecule has 2 aliphatic rings. The maximum atomic E-state index is 12.9. The molecule has 8 heteroatoms. The second-order valence-electron chi connectivity index (χ2n) is 6.98. The van der Waals surface area contributed by atoms with Crippen LogP contribution < -0.4 is 10.2 Å². The van der Waals surface area contributed by atoms with Crippen LogP contribution in [0.1, 0.15) is 15.9 Å². The average molecular weight is 413 g/mol. The predicted octanol–water partition coefficient (Wildman–Crippen LogP) is 3.41. The van der Waals surface area contributed by atoms with Gasteiger partial charge in [0, 0.05) is 42.5 Å². The van der Waals surface area contributed by atoms with Gasteiger partial charge in [0.25, 0.3) is 5.91 Å². The van der Waals surface area contributed by atoms with Crippen molar-refractivity contribution in [1.82, 2.24) is 9.88 Å². The van der Waals surface area contributed by atoms with Gasteiger partial charge in [-0.1, -0.05) is 22.9 Å². The highest BCUT2D eigenvalue weighted by atomic mass is 35.5. The quantitative estimate of drug-likeness (QED) is 0.700. The molecule has 0 aliphatic carbocycles. The Morgan fingerprint density at radius 3 is 2.75 bits per heavy atom. The van der Waals surface area contributed by atoms with E-state index < -0.39 is 0 Å². The van der Waals surface area contributed by atoms with Crippen LogP contribution >= 0.6 is 22.9 Å². The highest BCUT2D eigenvalue weighted by molar-refractivity contribution is 7.22. The first kappa shape index (κ1) is 17.5. The van der Waals surface area contributed by atoms with Gasteiger partial charge >= 0.3 is 0 Å². The fraction of sp³-hybridized carbons (Fsp3) is 0.250. The van der Waals surface area contributed by atoms with Crippen LogP contribution in [0.5, 0.6) is 0 Å². The molecular formula is C20H17ClN4O2S. The lowest BCUT2D eigenvalue weighted by atomic mass is 10.1. The molecule has 0 atom stereocenters. The second-order valence-corrected chi connectivity index (χ2v) is 8.43. The van der Waals surface area contributed by atoms with E-state index in [2.05, 4.69) is 10.2 Å². The Labute approximate surface area is 170 Å². The summed E-state index contributed by atoms with van der Waals surface area (Å²) in [7, 11) is 0. The number of hydrogen-bond acceptors (Lipinski definition) is 5. The minimum atomic E-state index is -0.0228. The zero-order chi connectivity index (χ0) is 19.3. The number of anilines is 2. The van der Waals surface area contributed by atoms with Gasteiger partial charge in [0.15, 0.2) is 5.13 Å². The summed E-state index contributed by atoms with van der Waals surface area (Å²) in [5, 5.41) is 4.47. The highest BCUT2D eigenvalue weighted by Gasteiger charge is 2.25. The molecule has 1 saturated heterocycles. The first-order valence-electron chi connectivity index (χ1n) is 9.10. The average Bonchev–Trinajstić information content (AvgIpc) is 3.28. The molecule has 142 valence electrons. The van der Waals surface area contributed by atoms with Gasteiger partial charge in [0.05, 0.1) is 16.6 Å². The summed E-state index contributed by atoms with van der Waals surface area (Å²) < 4.78 is 1.07. The first-order valence-corrected chi connectivity index (χ1v) is 10.3. The van der Waals surface area contributed by atoms with E-state index in [9.17, 15) is 9.59 Å². The molecule has 1 fully saturated rings. The van der Waals surface area contributed by atoms with Gasteiger partial charge in [-0.2, -0.15) is 0 Å². The molecule has 3 aromatic rings. The Hall–Kier alpha value is -2.64. The van der Waals surface area contributed by atoms with E-state index in [-0.39, 0.29) is 11.8 Å². The fourth-order valence-electron chi connectivity index (χ4n) is 3.67. The minimum Gasteiger partial charge on any atom is -0.345 e. The number of piperazine rings is 1. The molecule has 1 N–H and O–H groups in total. The molecule has 0 saturated carbocycles. The molecule has 6 nitrogen and oxygen atoms in total. The summed E-state index contributed by atoms with van der Waals surface area (Å²) in [4.78, 5) is 33.2. The number of halogens is 1. The zero-order valence-corrected chi connectivity index (χ0v) is 16.5. The summed E-state index contributed by atoms with van der Waals surface area (Å²) in [5.41, 5.74) is 3.28. The largest absolute Gasteiger partial charge is 0.345 e. The Kier molecular flexibility index (Phi) is 4.21. The molecule has 2 aromatic carbocycles. The molecule has 1 aromatic heterocycles. The number of rotatable bonds is 2. The summed E-state index contributed by atoms with van der Waals surface area (Å²) in [6, 6.07) is 11.2. The third-order valence-corrected chi connectivity index (χ3v) is 6.47. The van der Waals surface area contributed by atoms with Crippen LogP contribution in [0.2, 0.25) is 5.02 Å². The number of nitrogens with zero attached hydrogens (tertiary/aromatic N) is 3. The van der Waals surface area contributed by atoms with E-state index in [4.69, 9.17) is 16.6 Å². The van der Waals surface area contributed by atoms with Crippen LogP contribution in [0.25, 0.3) is 10.2 Å². The molecule has 3 heterocycles. The van der Waals surface area contributed by atoms with E-state index in [0.29, 0.717) is 30.1 Å². The molecule has 2 amide bonds. The van der Waals surface area contributed by atoms with Gasteiger partial charge in [0.1, 0.15) is 0 Å². The Balaban J connectivity index is 1.28. The van der Waals surface area contributed by atoms with Gasteiger partial charge in [-0.15, -0.1) is 0 Å². The first-order chi connectivity index (χ1) is 13.6. The number of aromatic nitrogens is 1. The van der Waals surface area contributed by atoms with Gasteiger partial charge in [0.2, 0.25) is 5.91 Å². The topological polar surface area (TPSA) is 65.5 Å². The van der Waals surface area contributed by atoms with Crippen molar-refractivity contribution in [3.63, 3.8) is 0 Å². The number of hydrogen-bond donors (Lipinski definition) is 1. The Morgan fingerprint density at radius 1 is 1.11 bits per heavy atom. The van der Waals surface area contributed by atoms with Gasteiger partial charge in [-0.05, 0) is 42.0 Å². The monoisotopic (exact) mass is 412 g/mol. The molecule has 5 rings (SSSR count). The van der Waals surface area contributed by atoms with E-state index in [0.717, 1.165) is 39.7 Å². The maximum absolute atomic E-state index is 12.9. The SMILES string of the molecule is O=C1Cc2cc(C(=O)N3CCN(c4nc5ccc(Cl)cc5s4)CC3)ccc2N1. The van der Waals surface area contributed by atoms with Crippen LogP contribution in [0.3, 0.4) is 0 Å². The maximum Gasteiger partial charge on any atom is 0.253 e. The Bertz CT molecular complexity index is 1100. The standard InChI is InChI=1S/C20H17ClN4O2S/c21-14-2-4-16-17(11-14)28-20(23-16)25-7-5-24(6-8-25)19(27)12-1-3-15-13(9-12)10-18(26)22-15/h1-4,9,11H,5-8,10H2,(H,22,26). The number of nitrogens with one attached hydrogen (secondary N) is 1. The number of amides is 2. The molecule has 2 aliphatic heterocycles. The van der Waals surface area contributed by atoms with Crippen molar-refractivity contribution in [2.75, 3.05) is 36.4 Å². The third-order valence-electron chi connectivity index (χ3n) is 5.15. The van der Waals surface area contributed by atoms with Gasteiger partial charge in [-0.25, -0.2) is 4.98 Å². The van der Waals surface area contributed by atoms with Crippen LogP contribution in [-0.4, -0.2) is 47.9 Å². The Morgan fingerprint density at radius 2 is 1.93 bits per heavy atom. The normalized spacial score (nSPS) is 16.4. The summed E-state index contributed by atoms with van der Waals surface area (Å²) in [6.07, 6.45) is 0.339. The molecule has 0 radical (unpaired) electrons. The lowest BCUT2D eigenvalue weighted by Crippen LogP contribution is -2.48. The number of carbonyl (C=O) groups excluding carboxylic acids is 2. The van der Waals surface area contributed by atoms with E-state index in [1.54, 1.807) is 17.4 Å². The molecule has 28 heavy (non-hydrogen) atoms. The number of fused-ring (bicyclic) bond motifs is 2. The summed E-state index contributed by atoms with van der Waals surface area (Å²) >= 11 is 7.69. The van der Waals surface area contributed by atoms with Crippen LogP contribution in [0.4, 0.5) is 10.8 Å². The molecule has 0 spiro atoms. The third kappa shape index (κ3) is 3.10. The summed E-state index contributed by atoms with van der Waals surface area (Å²) in [6.45, 7) is 2.77. The lowest BCUT2D eigenvalue weighted by molar-refractivity contribution is -0.115. The molecule has 0 bridgehead atoms. The van der Waals surface area contributed by atoms with E-state index in [1.807, 2.05) is 35.2 Å². The molecule has 0 unspecified atom stereocenters. The van der Waals surface area contributed by atoms with Crippen LogP contribution in [0, 0.1) is 0 Å². The van der Waals surface area contributed by atoms with Crippen molar-refractivity contribution in [2.24, 2.45) is 0 Å².